The molecule has 0 aromatic carbocycles. The van der Waals surface area contributed by atoms with E-state index < -0.39 is 0 Å². The summed E-state index contributed by atoms with van der Waals surface area (Å²) < 4.78 is 1.80. The monoisotopic (exact) mass is 290 g/mol. The standard InChI is InChI=1S/C16H26N4O/c1-18-9-3-5-14(18)15-6-4-10-20(15)16(21)8-7-13-11-17-19(2)12-13/h11-12,14-15H,3-10H2,1-2H3/t14-,15+/m1/s1. The summed E-state index contributed by atoms with van der Waals surface area (Å²) in [7, 11) is 4.12. The average molecular weight is 290 g/mol. The summed E-state index contributed by atoms with van der Waals surface area (Å²) in [4.78, 5) is 17.2. The van der Waals surface area contributed by atoms with Crippen molar-refractivity contribution >= 4 is 5.91 Å². The molecule has 2 saturated heterocycles. The highest BCUT2D eigenvalue weighted by Crippen LogP contribution is 2.29. The molecule has 116 valence electrons. The predicted molar refractivity (Wildman–Crippen MR) is 81.9 cm³/mol. The first kappa shape index (κ1) is 14.6. The summed E-state index contributed by atoms with van der Waals surface area (Å²) in [5.41, 5.74) is 1.15. The number of hydrogen-bond acceptors (Lipinski definition) is 3. The van der Waals surface area contributed by atoms with E-state index in [2.05, 4.69) is 21.9 Å². The number of carbonyl (C=O) groups excluding carboxylic acids is 1. The van der Waals surface area contributed by atoms with Gasteiger partial charge in [-0.15, -0.1) is 0 Å². The van der Waals surface area contributed by atoms with Crippen LogP contribution in [0.5, 0.6) is 0 Å². The van der Waals surface area contributed by atoms with Gasteiger partial charge in [0.2, 0.25) is 5.91 Å². The number of nitrogens with zero attached hydrogens (tertiary/aromatic N) is 4. The molecule has 3 heterocycles. The Morgan fingerprint density at radius 1 is 1.24 bits per heavy atom. The quantitative estimate of drug-likeness (QED) is 0.842. The molecule has 0 unspecified atom stereocenters. The smallest absolute Gasteiger partial charge is 0.223 e. The highest BCUT2D eigenvalue weighted by molar-refractivity contribution is 5.77. The van der Waals surface area contributed by atoms with Crippen LogP contribution in [0, 0.1) is 0 Å². The molecule has 2 aliphatic heterocycles. The van der Waals surface area contributed by atoms with Gasteiger partial charge in [-0.3, -0.25) is 9.48 Å². The molecule has 2 fully saturated rings. The lowest BCUT2D eigenvalue weighted by Gasteiger charge is -2.33. The number of likely N-dealkylation sites (N-methyl/N-ethyl adjacent to an activating group) is 1. The molecule has 3 rings (SSSR count). The van der Waals surface area contributed by atoms with E-state index >= 15 is 0 Å². The lowest BCUT2D eigenvalue weighted by atomic mass is 10.0. The zero-order valence-corrected chi connectivity index (χ0v) is 13.2. The minimum Gasteiger partial charge on any atom is -0.338 e. The SMILES string of the molecule is CN1CCC[C@@H]1[C@@H]1CCCN1C(=O)CCc1cnn(C)c1. The normalized spacial score (nSPS) is 26.7. The van der Waals surface area contributed by atoms with E-state index in [1.807, 2.05) is 19.4 Å². The fraction of sp³-hybridized carbons (Fsp3) is 0.750. The van der Waals surface area contributed by atoms with Crippen molar-refractivity contribution in [3.8, 4) is 0 Å². The van der Waals surface area contributed by atoms with Gasteiger partial charge >= 0.3 is 0 Å². The molecule has 0 radical (unpaired) electrons. The zero-order valence-electron chi connectivity index (χ0n) is 13.2. The Kier molecular flexibility index (Phi) is 4.29. The van der Waals surface area contributed by atoms with Crippen molar-refractivity contribution in [1.29, 1.82) is 0 Å². The van der Waals surface area contributed by atoms with Crippen LogP contribution in [0.15, 0.2) is 12.4 Å². The van der Waals surface area contributed by atoms with Crippen LogP contribution in [0.1, 0.15) is 37.7 Å². The van der Waals surface area contributed by atoms with Crippen molar-refractivity contribution in [1.82, 2.24) is 19.6 Å². The second-order valence-corrected chi connectivity index (χ2v) is 6.51. The largest absolute Gasteiger partial charge is 0.338 e. The third-order valence-corrected chi connectivity index (χ3v) is 5.03. The molecule has 0 bridgehead atoms. The van der Waals surface area contributed by atoms with Crippen LogP contribution in [-0.2, 0) is 18.3 Å². The highest BCUT2D eigenvalue weighted by Gasteiger charge is 2.37. The first-order chi connectivity index (χ1) is 10.1. The Bertz CT molecular complexity index is 498. The fourth-order valence-electron chi connectivity index (χ4n) is 3.92. The topological polar surface area (TPSA) is 41.4 Å². The Balaban J connectivity index is 1.58. The van der Waals surface area contributed by atoms with Crippen LogP contribution in [0.4, 0.5) is 0 Å². The molecular formula is C16H26N4O. The molecule has 2 atom stereocenters. The molecule has 0 saturated carbocycles. The van der Waals surface area contributed by atoms with Crippen LogP contribution in [0.2, 0.25) is 0 Å². The summed E-state index contributed by atoms with van der Waals surface area (Å²) >= 11 is 0. The molecule has 21 heavy (non-hydrogen) atoms. The van der Waals surface area contributed by atoms with Gasteiger partial charge in [-0.1, -0.05) is 0 Å². The van der Waals surface area contributed by atoms with Crippen molar-refractivity contribution < 1.29 is 4.79 Å². The van der Waals surface area contributed by atoms with Crippen LogP contribution in [0.25, 0.3) is 0 Å². The van der Waals surface area contributed by atoms with Crippen LogP contribution >= 0.6 is 0 Å². The van der Waals surface area contributed by atoms with Gasteiger partial charge in [-0.25, -0.2) is 0 Å². The van der Waals surface area contributed by atoms with Crippen molar-refractivity contribution in [2.75, 3.05) is 20.1 Å². The number of likely N-dealkylation sites (tertiary alicyclic amines) is 2. The van der Waals surface area contributed by atoms with E-state index in [0.29, 0.717) is 24.4 Å². The van der Waals surface area contributed by atoms with E-state index in [4.69, 9.17) is 0 Å². The average Bonchev–Trinajstić information content (AvgIpc) is 3.16. The minimum absolute atomic E-state index is 0.321. The van der Waals surface area contributed by atoms with Crippen molar-refractivity contribution in [3.05, 3.63) is 18.0 Å². The van der Waals surface area contributed by atoms with Crippen molar-refractivity contribution in [2.45, 2.75) is 50.6 Å². The van der Waals surface area contributed by atoms with Gasteiger partial charge in [0.1, 0.15) is 0 Å². The first-order valence-corrected chi connectivity index (χ1v) is 8.12. The summed E-state index contributed by atoms with van der Waals surface area (Å²) in [6, 6.07) is 1.02. The maximum atomic E-state index is 12.6. The van der Waals surface area contributed by atoms with Gasteiger partial charge in [0.25, 0.3) is 0 Å². The van der Waals surface area contributed by atoms with Crippen molar-refractivity contribution in [2.24, 2.45) is 7.05 Å². The second kappa shape index (κ2) is 6.18. The highest BCUT2D eigenvalue weighted by atomic mass is 16.2. The van der Waals surface area contributed by atoms with Crippen LogP contribution < -0.4 is 0 Å². The molecule has 5 heteroatoms. The Morgan fingerprint density at radius 3 is 2.67 bits per heavy atom. The number of hydrogen-bond donors (Lipinski definition) is 0. The minimum atomic E-state index is 0.321. The van der Waals surface area contributed by atoms with E-state index in [0.717, 1.165) is 24.9 Å². The summed E-state index contributed by atoms with van der Waals surface area (Å²) in [6.45, 7) is 2.12. The lowest BCUT2D eigenvalue weighted by Crippen LogP contribution is -2.47. The van der Waals surface area contributed by atoms with Crippen LogP contribution in [0.3, 0.4) is 0 Å². The third kappa shape index (κ3) is 3.12. The molecular weight excluding hydrogens is 264 g/mol. The maximum absolute atomic E-state index is 12.6. The predicted octanol–water partition coefficient (Wildman–Crippen LogP) is 1.44. The fourth-order valence-corrected chi connectivity index (χ4v) is 3.92. The Hall–Kier alpha value is -1.36. The van der Waals surface area contributed by atoms with Gasteiger partial charge in [-0.05, 0) is 51.3 Å². The Labute approximate surface area is 126 Å². The maximum Gasteiger partial charge on any atom is 0.223 e. The van der Waals surface area contributed by atoms with Gasteiger partial charge in [0.15, 0.2) is 0 Å². The van der Waals surface area contributed by atoms with Gasteiger partial charge in [-0.2, -0.15) is 5.10 Å². The summed E-state index contributed by atoms with van der Waals surface area (Å²) in [5, 5.41) is 4.17. The first-order valence-electron chi connectivity index (χ1n) is 8.12. The van der Waals surface area contributed by atoms with Gasteiger partial charge in [0, 0.05) is 38.3 Å². The van der Waals surface area contributed by atoms with E-state index in [9.17, 15) is 4.79 Å². The summed E-state index contributed by atoms with van der Waals surface area (Å²) in [5.74, 6) is 0.321. The third-order valence-electron chi connectivity index (χ3n) is 5.03. The number of aryl methyl sites for hydroxylation is 2. The molecule has 0 spiro atoms. The molecule has 2 aliphatic rings. The number of amides is 1. The second-order valence-electron chi connectivity index (χ2n) is 6.51. The molecule has 0 aliphatic carbocycles. The lowest BCUT2D eigenvalue weighted by molar-refractivity contribution is -0.132. The van der Waals surface area contributed by atoms with E-state index in [1.54, 1.807) is 4.68 Å². The van der Waals surface area contributed by atoms with Crippen molar-refractivity contribution in [3.63, 3.8) is 0 Å². The number of aromatic nitrogens is 2. The van der Waals surface area contributed by atoms with Crippen LogP contribution in [-0.4, -0.2) is 57.7 Å². The molecule has 1 aromatic rings. The summed E-state index contributed by atoms with van der Waals surface area (Å²) in [6.07, 6.45) is 10.1. The molecule has 1 aromatic heterocycles. The zero-order chi connectivity index (χ0) is 14.8. The molecule has 5 nitrogen and oxygen atoms in total. The van der Waals surface area contributed by atoms with Gasteiger partial charge < -0.3 is 9.80 Å². The molecule has 0 N–H and O–H groups in total. The molecule has 1 amide bonds. The number of rotatable bonds is 4. The van der Waals surface area contributed by atoms with E-state index in [1.165, 1.54) is 25.8 Å². The number of carbonyl (C=O) groups is 1. The van der Waals surface area contributed by atoms with E-state index in [-0.39, 0.29) is 0 Å². The van der Waals surface area contributed by atoms with Gasteiger partial charge in [0.05, 0.1) is 6.20 Å². The Morgan fingerprint density at radius 2 is 2.00 bits per heavy atom.